The van der Waals surface area contributed by atoms with Crippen molar-refractivity contribution in [2.24, 2.45) is 0 Å². The second-order valence-corrected chi connectivity index (χ2v) is 12.8. The highest BCUT2D eigenvalue weighted by Crippen LogP contribution is 2.43. The Bertz CT molecular complexity index is 1560. The van der Waals surface area contributed by atoms with Gasteiger partial charge in [0.2, 0.25) is 0 Å². The van der Waals surface area contributed by atoms with Crippen LogP contribution >= 0.6 is 0 Å². The van der Waals surface area contributed by atoms with Crippen molar-refractivity contribution in [3.63, 3.8) is 0 Å². The lowest BCUT2D eigenvalue weighted by molar-refractivity contribution is -0.120. The fourth-order valence-electron chi connectivity index (χ4n) is 6.83. The van der Waals surface area contributed by atoms with Crippen LogP contribution in [-0.2, 0) is 6.42 Å². The smallest absolute Gasteiger partial charge is 0.258 e. The molecular formula is C34H41F3N6O4. The molecule has 4 heterocycles. The van der Waals surface area contributed by atoms with E-state index in [0.29, 0.717) is 43.9 Å². The summed E-state index contributed by atoms with van der Waals surface area (Å²) in [7, 11) is 0. The number of aromatic nitrogens is 3. The molecule has 1 unspecified atom stereocenters. The van der Waals surface area contributed by atoms with Crippen LogP contribution in [0, 0.1) is 5.82 Å². The average molecular weight is 655 g/mol. The van der Waals surface area contributed by atoms with E-state index in [0.717, 1.165) is 42.5 Å². The molecule has 2 fully saturated rings. The van der Waals surface area contributed by atoms with Crippen LogP contribution in [0.15, 0.2) is 43.0 Å². The van der Waals surface area contributed by atoms with Gasteiger partial charge in [-0.1, -0.05) is 0 Å². The number of amides is 1. The SMILES string of the molecule is CC(C)N(C(=O)c1cc(F)ccc1Oc1cncnc1N1CCC(Oc2ccnc3c2C(CCCO)NCC3)CC1)C1CC(F)(F)C1. The number of fused-ring (bicyclic) bond motifs is 1. The van der Waals surface area contributed by atoms with Crippen molar-refractivity contribution in [3.8, 4) is 17.2 Å². The van der Waals surface area contributed by atoms with Gasteiger partial charge < -0.3 is 29.7 Å². The van der Waals surface area contributed by atoms with Gasteiger partial charge in [0, 0.05) is 88.2 Å². The Balaban J connectivity index is 1.16. The number of halogens is 3. The number of rotatable bonds is 11. The van der Waals surface area contributed by atoms with E-state index in [-0.39, 0.29) is 36.1 Å². The van der Waals surface area contributed by atoms with Gasteiger partial charge >= 0.3 is 0 Å². The molecule has 0 spiro atoms. The summed E-state index contributed by atoms with van der Waals surface area (Å²) < 4.78 is 54.7. The summed E-state index contributed by atoms with van der Waals surface area (Å²) in [6, 6.07) is 4.62. The van der Waals surface area contributed by atoms with Crippen molar-refractivity contribution < 1.29 is 32.5 Å². The predicted molar refractivity (Wildman–Crippen MR) is 169 cm³/mol. The van der Waals surface area contributed by atoms with E-state index in [1.165, 1.54) is 29.6 Å². The van der Waals surface area contributed by atoms with Crippen LogP contribution in [-0.4, -0.2) is 81.2 Å². The molecule has 1 amide bonds. The molecule has 0 bridgehead atoms. The minimum atomic E-state index is -2.81. The molecule has 6 rings (SSSR count). The maximum absolute atomic E-state index is 14.5. The molecule has 13 heteroatoms. The first kappa shape index (κ1) is 33.0. The molecule has 252 valence electrons. The third kappa shape index (κ3) is 7.30. The lowest BCUT2D eigenvalue weighted by atomic mass is 9.85. The molecule has 1 saturated heterocycles. The van der Waals surface area contributed by atoms with Gasteiger partial charge in [-0.3, -0.25) is 9.78 Å². The van der Waals surface area contributed by atoms with E-state index in [1.54, 1.807) is 20.0 Å². The zero-order valence-electron chi connectivity index (χ0n) is 26.7. The molecular weight excluding hydrogens is 613 g/mol. The van der Waals surface area contributed by atoms with Gasteiger partial charge in [0.25, 0.3) is 11.8 Å². The number of nitrogens with zero attached hydrogens (tertiary/aromatic N) is 5. The van der Waals surface area contributed by atoms with E-state index in [4.69, 9.17) is 9.47 Å². The monoisotopic (exact) mass is 654 g/mol. The van der Waals surface area contributed by atoms with Gasteiger partial charge in [-0.05, 0) is 51.0 Å². The molecule has 2 aliphatic heterocycles. The highest BCUT2D eigenvalue weighted by atomic mass is 19.3. The molecule has 3 aromatic rings. The minimum absolute atomic E-state index is 0.0356. The Morgan fingerprint density at radius 1 is 1.15 bits per heavy atom. The van der Waals surface area contributed by atoms with Crippen LogP contribution in [0.5, 0.6) is 17.2 Å². The Labute approximate surface area is 272 Å². The van der Waals surface area contributed by atoms with Crippen molar-refractivity contribution in [1.29, 1.82) is 0 Å². The number of hydrogen-bond acceptors (Lipinski definition) is 9. The van der Waals surface area contributed by atoms with Crippen molar-refractivity contribution in [1.82, 2.24) is 25.2 Å². The Morgan fingerprint density at radius 3 is 2.66 bits per heavy atom. The van der Waals surface area contributed by atoms with Crippen LogP contribution in [0.1, 0.15) is 80.0 Å². The number of hydrogen-bond donors (Lipinski definition) is 2. The molecule has 10 nitrogen and oxygen atoms in total. The van der Waals surface area contributed by atoms with Crippen molar-refractivity contribution in [3.05, 3.63) is 65.6 Å². The van der Waals surface area contributed by atoms with Gasteiger partial charge in [0.05, 0.1) is 17.5 Å². The number of alkyl halides is 2. The molecule has 1 aliphatic carbocycles. The van der Waals surface area contributed by atoms with Crippen molar-refractivity contribution >= 4 is 11.7 Å². The summed E-state index contributed by atoms with van der Waals surface area (Å²) >= 11 is 0. The lowest BCUT2D eigenvalue weighted by Crippen LogP contribution is -2.55. The van der Waals surface area contributed by atoms with Crippen LogP contribution in [0.3, 0.4) is 0 Å². The first-order valence-corrected chi connectivity index (χ1v) is 16.3. The van der Waals surface area contributed by atoms with Crippen molar-refractivity contribution in [2.75, 3.05) is 31.1 Å². The number of aliphatic hydroxyl groups is 1. The minimum Gasteiger partial charge on any atom is -0.490 e. The molecule has 1 atom stereocenters. The Hall–Kier alpha value is -3.97. The number of anilines is 1. The molecule has 2 aromatic heterocycles. The molecule has 0 radical (unpaired) electrons. The van der Waals surface area contributed by atoms with Gasteiger partial charge in [0.15, 0.2) is 11.6 Å². The summed E-state index contributed by atoms with van der Waals surface area (Å²) in [6.45, 7) is 5.70. The third-order valence-corrected chi connectivity index (χ3v) is 9.12. The number of carbonyl (C=O) groups excluding carboxylic acids is 1. The van der Waals surface area contributed by atoms with Crippen molar-refractivity contribution in [2.45, 2.75) is 88.9 Å². The van der Waals surface area contributed by atoms with E-state index >= 15 is 0 Å². The number of nitrogens with one attached hydrogen (secondary N) is 1. The number of ether oxygens (including phenoxy) is 2. The fourth-order valence-corrected chi connectivity index (χ4v) is 6.83. The van der Waals surface area contributed by atoms with E-state index < -0.39 is 36.5 Å². The van der Waals surface area contributed by atoms with Gasteiger partial charge in [-0.2, -0.15) is 0 Å². The summed E-state index contributed by atoms with van der Waals surface area (Å²) in [5.41, 5.74) is 2.06. The molecule has 1 aromatic carbocycles. The van der Waals surface area contributed by atoms with Crippen LogP contribution in [0.25, 0.3) is 0 Å². The average Bonchev–Trinajstić information content (AvgIpc) is 3.04. The number of benzene rings is 1. The largest absolute Gasteiger partial charge is 0.490 e. The quantitative estimate of drug-likeness (QED) is 0.279. The topological polar surface area (TPSA) is 113 Å². The zero-order chi connectivity index (χ0) is 33.1. The van der Waals surface area contributed by atoms with Gasteiger partial charge in [0.1, 0.15) is 29.7 Å². The highest BCUT2D eigenvalue weighted by Gasteiger charge is 2.50. The second-order valence-electron chi connectivity index (χ2n) is 12.8. The zero-order valence-corrected chi connectivity index (χ0v) is 26.7. The van der Waals surface area contributed by atoms with Crippen LogP contribution < -0.4 is 19.7 Å². The lowest BCUT2D eigenvalue weighted by Gasteiger charge is -2.44. The summed E-state index contributed by atoms with van der Waals surface area (Å²) in [6.07, 6.45) is 7.56. The molecule has 3 aliphatic rings. The number of piperidine rings is 1. The number of aliphatic hydroxyl groups excluding tert-OH is 1. The predicted octanol–water partition coefficient (Wildman–Crippen LogP) is 5.46. The second kappa shape index (κ2) is 14.0. The van der Waals surface area contributed by atoms with Gasteiger partial charge in [-0.15, -0.1) is 0 Å². The summed E-state index contributed by atoms with van der Waals surface area (Å²) in [4.78, 5) is 30.3. The summed E-state index contributed by atoms with van der Waals surface area (Å²) in [5.74, 6) is -2.29. The van der Waals surface area contributed by atoms with Gasteiger partial charge in [-0.25, -0.2) is 23.1 Å². The Kier molecular flexibility index (Phi) is 9.83. The number of carbonyl (C=O) groups is 1. The summed E-state index contributed by atoms with van der Waals surface area (Å²) in [5, 5.41) is 12.9. The third-order valence-electron chi connectivity index (χ3n) is 9.12. The maximum Gasteiger partial charge on any atom is 0.258 e. The highest BCUT2D eigenvalue weighted by molar-refractivity contribution is 5.97. The Morgan fingerprint density at radius 2 is 1.94 bits per heavy atom. The van der Waals surface area contributed by atoms with E-state index in [1.807, 2.05) is 6.07 Å². The molecule has 2 N–H and O–H groups in total. The van der Waals surface area contributed by atoms with E-state index in [2.05, 4.69) is 25.2 Å². The first-order valence-electron chi connectivity index (χ1n) is 16.3. The maximum atomic E-state index is 14.5. The normalized spacial score (nSPS) is 19.6. The van der Waals surface area contributed by atoms with Crippen LogP contribution in [0.4, 0.5) is 19.0 Å². The van der Waals surface area contributed by atoms with Crippen LogP contribution in [0.2, 0.25) is 0 Å². The first-order chi connectivity index (χ1) is 22.6. The molecule has 1 saturated carbocycles. The standard InChI is InChI=1S/C34H41F3N6O4/c1-21(2)43(23-17-34(36,37)18-23)33(45)25-16-22(35)5-6-28(25)47-30-19-38-20-41-32(30)42-13-9-24(10-14-42)46-29-8-12-40-27-7-11-39-26(31(27)29)4-3-15-44/h5-6,8,12,16,19-21,23-24,26,39,44H,3-4,7,9-11,13-15,17-18H2,1-2H3. The fraction of sp³-hybridized carbons (Fsp3) is 0.529. The number of pyridine rings is 1. The van der Waals surface area contributed by atoms with E-state index in [9.17, 15) is 23.1 Å². The molecule has 47 heavy (non-hydrogen) atoms.